The topological polar surface area (TPSA) is 77.1 Å². The third kappa shape index (κ3) is 5.20. The lowest BCUT2D eigenvalue weighted by Crippen LogP contribution is -2.16. The molecule has 190 valence electrons. The number of amides is 1. The minimum Gasteiger partial charge on any atom is -0.304 e. The van der Waals surface area contributed by atoms with Gasteiger partial charge in [-0.3, -0.25) is 9.48 Å². The Morgan fingerprint density at radius 1 is 1.11 bits per heavy atom. The van der Waals surface area contributed by atoms with Gasteiger partial charge in [-0.25, -0.2) is 13.9 Å². The molecule has 0 aliphatic rings. The number of carbonyl (C=O) groups is 1. The number of hydrogen-bond acceptors (Lipinski definition) is 5. The highest BCUT2D eigenvalue weighted by molar-refractivity contribution is 7.15. The van der Waals surface area contributed by atoms with E-state index < -0.39 is 23.6 Å². The van der Waals surface area contributed by atoms with Gasteiger partial charge in [-0.15, -0.1) is 11.3 Å². The number of anilines is 1. The predicted octanol–water partition coefficient (Wildman–Crippen LogP) is 6.33. The number of fused-ring (bicyclic) bond motifs is 1. The van der Waals surface area contributed by atoms with Crippen molar-refractivity contribution in [2.24, 2.45) is 0 Å². The van der Waals surface area contributed by atoms with Crippen molar-refractivity contribution in [3.05, 3.63) is 87.4 Å². The van der Waals surface area contributed by atoms with E-state index in [9.17, 15) is 22.4 Å². The van der Waals surface area contributed by atoms with E-state index in [2.05, 4.69) is 20.5 Å². The van der Waals surface area contributed by atoms with Crippen molar-refractivity contribution in [1.82, 2.24) is 24.4 Å². The molecule has 0 atom stereocenters. The molecule has 0 bridgehead atoms. The monoisotopic (exact) mass is 548 g/mol. The Morgan fingerprint density at radius 3 is 2.62 bits per heavy atom. The number of hydrogen-bond donors (Lipinski definition) is 1. The van der Waals surface area contributed by atoms with Crippen LogP contribution in [0, 0.1) is 5.82 Å². The van der Waals surface area contributed by atoms with Crippen LogP contribution in [-0.2, 0) is 19.1 Å². The fraction of sp³-hybridized carbons (Fsp3) is 0.167. The Labute approximate surface area is 216 Å². The SMILES string of the molecule is CCc1ccc(-c2cc(C(F)(F)F)n3nc(C(=O)Nc4ccn(Cc5ccc(F)cc5Cl)n4)cc3n2)s1. The number of nitrogens with one attached hydrogen (secondary N) is 1. The summed E-state index contributed by atoms with van der Waals surface area (Å²) >= 11 is 7.40. The first kappa shape index (κ1) is 24.9. The van der Waals surface area contributed by atoms with Crippen LogP contribution in [0.2, 0.25) is 5.02 Å². The standard InChI is InChI=1S/C24H17ClF4N6OS/c1-2-15-5-6-19(37-15)17-10-20(24(27,28)29)35-22(30-17)11-18(32-35)23(36)31-21-7-8-34(33-21)12-13-3-4-14(26)9-16(13)25/h3-11H,2,12H2,1H3,(H,31,33,36). The summed E-state index contributed by atoms with van der Waals surface area (Å²) in [6.07, 6.45) is -2.40. The van der Waals surface area contributed by atoms with E-state index in [1.165, 1.54) is 46.4 Å². The van der Waals surface area contributed by atoms with E-state index in [0.717, 1.165) is 17.4 Å². The van der Waals surface area contributed by atoms with Crippen LogP contribution in [0.5, 0.6) is 0 Å². The molecule has 0 aliphatic carbocycles. The number of carbonyl (C=O) groups excluding carboxylic acids is 1. The van der Waals surface area contributed by atoms with Gasteiger partial charge in [-0.1, -0.05) is 24.6 Å². The Hall–Kier alpha value is -3.77. The molecule has 4 heterocycles. The summed E-state index contributed by atoms with van der Waals surface area (Å²) in [5.41, 5.74) is -0.652. The van der Waals surface area contributed by atoms with Crippen LogP contribution in [0.3, 0.4) is 0 Å². The fourth-order valence-electron chi connectivity index (χ4n) is 3.64. The summed E-state index contributed by atoms with van der Waals surface area (Å²) in [4.78, 5) is 18.7. The van der Waals surface area contributed by atoms with Crippen molar-refractivity contribution in [2.75, 3.05) is 5.32 Å². The van der Waals surface area contributed by atoms with E-state index >= 15 is 0 Å². The highest BCUT2D eigenvalue weighted by Gasteiger charge is 2.36. The smallest absolute Gasteiger partial charge is 0.304 e. The molecule has 5 aromatic rings. The van der Waals surface area contributed by atoms with E-state index in [0.29, 0.717) is 15.0 Å². The van der Waals surface area contributed by atoms with Crippen molar-refractivity contribution < 1.29 is 22.4 Å². The zero-order valence-electron chi connectivity index (χ0n) is 19.1. The Morgan fingerprint density at radius 2 is 1.92 bits per heavy atom. The normalized spacial score (nSPS) is 11.8. The van der Waals surface area contributed by atoms with Crippen molar-refractivity contribution in [2.45, 2.75) is 26.1 Å². The van der Waals surface area contributed by atoms with Gasteiger partial charge in [0.2, 0.25) is 0 Å². The lowest BCUT2D eigenvalue weighted by molar-refractivity contribution is -0.142. The molecule has 0 spiro atoms. The maximum atomic E-state index is 13.8. The molecule has 1 N–H and O–H groups in total. The van der Waals surface area contributed by atoms with Crippen molar-refractivity contribution in [3.63, 3.8) is 0 Å². The third-order valence-corrected chi connectivity index (χ3v) is 7.05. The van der Waals surface area contributed by atoms with Gasteiger partial charge >= 0.3 is 6.18 Å². The van der Waals surface area contributed by atoms with Crippen LogP contribution < -0.4 is 5.32 Å². The first-order chi connectivity index (χ1) is 17.6. The molecular formula is C24H17ClF4N6OS. The first-order valence-corrected chi connectivity index (χ1v) is 12.2. The highest BCUT2D eigenvalue weighted by atomic mass is 35.5. The third-order valence-electron chi connectivity index (χ3n) is 5.44. The van der Waals surface area contributed by atoms with E-state index in [4.69, 9.17) is 11.6 Å². The molecule has 37 heavy (non-hydrogen) atoms. The molecule has 0 fully saturated rings. The Bertz CT molecular complexity index is 1620. The average Bonchev–Trinajstić information content (AvgIpc) is 3.59. The molecule has 0 unspecified atom stereocenters. The zero-order valence-corrected chi connectivity index (χ0v) is 20.6. The molecular weight excluding hydrogens is 532 g/mol. The summed E-state index contributed by atoms with van der Waals surface area (Å²) in [6, 6.07) is 11.2. The van der Waals surface area contributed by atoms with Gasteiger partial charge in [0.25, 0.3) is 5.91 Å². The number of thiophene rings is 1. The maximum Gasteiger partial charge on any atom is 0.433 e. The number of rotatable bonds is 6. The van der Waals surface area contributed by atoms with E-state index in [1.807, 2.05) is 13.0 Å². The minimum absolute atomic E-state index is 0.113. The molecule has 4 aromatic heterocycles. The molecule has 0 radical (unpaired) electrons. The van der Waals surface area contributed by atoms with Crippen LogP contribution in [0.4, 0.5) is 23.4 Å². The van der Waals surface area contributed by atoms with Crippen molar-refractivity contribution in [1.29, 1.82) is 0 Å². The summed E-state index contributed by atoms with van der Waals surface area (Å²) in [5, 5.41) is 10.8. The largest absolute Gasteiger partial charge is 0.433 e. The second kappa shape index (κ2) is 9.60. The summed E-state index contributed by atoms with van der Waals surface area (Å²) < 4.78 is 56.9. The number of benzene rings is 1. The number of aryl methyl sites for hydroxylation is 1. The summed E-state index contributed by atoms with van der Waals surface area (Å²) in [6.45, 7) is 2.17. The molecule has 1 aromatic carbocycles. The number of halogens is 5. The first-order valence-electron chi connectivity index (χ1n) is 11.0. The average molecular weight is 549 g/mol. The van der Waals surface area contributed by atoms with Crippen LogP contribution in [0.15, 0.2) is 54.7 Å². The van der Waals surface area contributed by atoms with Gasteiger partial charge < -0.3 is 5.32 Å². The van der Waals surface area contributed by atoms with Gasteiger partial charge in [0.15, 0.2) is 22.9 Å². The van der Waals surface area contributed by atoms with Crippen molar-refractivity contribution >= 4 is 40.3 Å². The molecule has 5 rings (SSSR count). The molecule has 7 nitrogen and oxygen atoms in total. The van der Waals surface area contributed by atoms with Crippen LogP contribution >= 0.6 is 22.9 Å². The number of alkyl halides is 3. The van der Waals surface area contributed by atoms with Crippen LogP contribution in [0.1, 0.15) is 33.5 Å². The van der Waals surface area contributed by atoms with Crippen LogP contribution in [-0.4, -0.2) is 30.3 Å². The van der Waals surface area contributed by atoms with E-state index in [-0.39, 0.29) is 34.4 Å². The van der Waals surface area contributed by atoms with Gasteiger partial charge in [0.05, 0.1) is 17.1 Å². The van der Waals surface area contributed by atoms with Gasteiger partial charge in [-0.05, 0) is 42.3 Å². The maximum absolute atomic E-state index is 13.8. The van der Waals surface area contributed by atoms with Gasteiger partial charge in [-0.2, -0.15) is 23.4 Å². The Balaban J connectivity index is 1.41. The highest BCUT2D eigenvalue weighted by Crippen LogP contribution is 2.34. The van der Waals surface area contributed by atoms with Gasteiger partial charge in [0, 0.05) is 28.2 Å². The second-order valence-electron chi connectivity index (χ2n) is 8.03. The molecule has 0 saturated carbocycles. The fourth-order valence-corrected chi connectivity index (χ4v) is 4.78. The predicted molar refractivity (Wildman–Crippen MR) is 131 cm³/mol. The molecule has 1 amide bonds. The molecule has 0 saturated heterocycles. The van der Waals surface area contributed by atoms with Crippen LogP contribution in [0.25, 0.3) is 16.2 Å². The Kier molecular flexibility index (Phi) is 6.46. The lowest BCUT2D eigenvalue weighted by atomic mass is 10.2. The summed E-state index contributed by atoms with van der Waals surface area (Å²) in [7, 11) is 0. The van der Waals surface area contributed by atoms with E-state index in [1.54, 1.807) is 12.3 Å². The lowest BCUT2D eigenvalue weighted by Gasteiger charge is -2.10. The molecule has 13 heteroatoms. The zero-order chi connectivity index (χ0) is 26.3. The minimum atomic E-state index is -4.72. The quantitative estimate of drug-likeness (QED) is 0.252. The van der Waals surface area contributed by atoms with Crippen molar-refractivity contribution in [3.8, 4) is 10.6 Å². The summed E-state index contributed by atoms with van der Waals surface area (Å²) in [5.74, 6) is -1.07. The number of aromatic nitrogens is 5. The number of nitrogens with zero attached hydrogens (tertiary/aromatic N) is 5. The molecule has 0 aliphatic heterocycles. The van der Waals surface area contributed by atoms with Gasteiger partial charge in [0.1, 0.15) is 5.82 Å². The second-order valence-corrected chi connectivity index (χ2v) is 9.61.